The topological polar surface area (TPSA) is 80.7 Å². The molecule has 2 fully saturated rings. The van der Waals surface area contributed by atoms with Gasteiger partial charge in [0.15, 0.2) is 5.82 Å². The van der Waals surface area contributed by atoms with Crippen molar-refractivity contribution in [3.63, 3.8) is 0 Å². The predicted octanol–water partition coefficient (Wildman–Crippen LogP) is 4.31. The van der Waals surface area contributed by atoms with Gasteiger partial charge < -0.3 is 19.3 Å². The van der Waals surface area contributed by atoms with Crippen LogP contribution >= 0.6 is 23.2 Å². The number of aromatic nitrogens is 3. The molecule has 198 valence electrons. The van der Waals surface area contributed by atoms with Crippen molar-refractivity contribution in [1.29, 1.82) is 0 Å². The summed E-state index contributed by atoms with van der Waals surface area (Å²) in [6, 6.07) is 11.1. The number of hydrogen-bond acceptors (Lipinski definition) is 7. The number of benzene rings is 2. The Balaban J connectivity index is 1.45. The van der Waals surface area contributed by atoms with Gasteiger partial charge in [0.25, 0.3) is 5.91 Å². The number of pyridine rings is 1. The number of halogens is 3. The molecule has 2 saturated heterocycles. The molecular formula is C28H22Cl2FN5O3. The lowest BCUT2D eigenvalue weighted by molar-refractivity contribution is -0.164. The van der Waals surface area contributed by atoms with Gasteiger partial charge in [0.05, 0.1) is 31.6 Å². The van der Waals surface area contributed by atoms with Crippen LogP contribution in [0.2, 0.25) is 5.02 Å². The van der Waals surface area contributed by atoms with Crippen LogP contribution in [0.25, 0.3) is 32.9 Å². The van der Waals surface area contributed by atoms with E-state index in [1.165, 1.54) is 7.11 Å². The zero-order valence-corrected chi connectivity index (χ0v) is 22.4. The number of nitrogens with zero attached hydrogens (tertiary/aromatic N) is 5. The molecule has 0 aliphatic carbocycles. The Morgan fingerprint density at radius 3 is 2.72 bits per heavy atom. The van der Waals surface area contributed by atoms with Crippen molar-refractivity contribution in [2.45, 2.75) is 5.54 Å². The number of rotatable bonds is 3. The van der Waals surface area contributed by atoms with Crippen molar-refractivity contribution in [2.24, 2.45) is 0 Å². The number of methoxy groups -OCH3 is 1. The number of alkyl halides is 1. The van der Waals surface area contributed by atoms with Gasteiger partial charge in [0.2, 0.25) is 0 Å². The summed E-state index contributed by atoms with van der Waals surface area (Å²) in [4.78, 5) is 29.9. The molecule has 0 N–H and O–H groups in total. The summed E-state index contributed by atoms with van der Waals surface area (Å²) in [7, 11) is 1.43. The number of carbonyl (C=O) groups is 1. The average Bonchev–Trinajstić information content (AvgIpc) is 2.94. The summed E-state index contributed by atoms with van der Waals surface area (Å²) >= 11 is 12.2. The van der Waals surface area contributed by atoms with Gasteiger partial charge in [0, 0.05) is 41.8 Å². The summed E-state index contributed by atoms with van der Waals surface area (Å²) < 4.78 is 27.1. The molecule has 1 spiro atoms. The largest absolute Gasteiger partial charge is 0.467 e. The van der Waals surface area contributed by atoms with Gasteiger partial charge in [0.1, 0.15) is 22.6 Å². The molecule has 2 aromatic heterocycles. The fraction of sp³-hybridized carbons (Fsp3) is 0.286. The van der Waals surface area contributed by atoms with Crippen LogP contribution in [0.5, 0.6) is 6.01 Å². The average molecular weight is 566 g/mol. The molecule has 2 aliphatic rings. The van der Waals surface area contributed by atoms with Crippen LogP contribution in [-0.4, -0.2) is 77.1 Å². The first-order chi connectivity index (χ1) is 19.0. The van der Waals surface area contributed by atoms with Crippen molar-refractivity contribution < 1.29 is 18.7 Å². The van der Waals surface area contributed by atoms with Crippen molar-refractivity contribution in [3.05, 3.63) is 53.4 Å². The summed E-state index contributed by atoms with van der Waals surface area (Å²) in [6.07, 6.45) is 1.58. The first-order valence-electron chi connectivity index (χ1n) is 12.2. The standard InChI is InChI=1S/C28H22Cl2FN5O3/c1-38-27-33-25-19(13-32-24(23(25)31)18-7-2-5-17-6-3-8-20(30)22(17)18)26(34-27)35-11-12-36(21(37)9-4-10-29)28(14-35)15-39-16-28/h2-3,5-8,13H,10-12,14-16H2,1H3. The lowest BCUT2D eigenvalue weighted by Gasteiger charge is -2.54. The summed E-state index contributed by atoms with van der Waals surface area (Å²) in [6.45, 7) is 1.95. The molecule has 39 heavy (non-hydrogen) atoms. The molecular weight excluding hydrogens is 544 g/mol. The molecule has 2 aromatic carbocycles. The third-order valence-electron chi connectivity index (χ3n) is 7.13. The Morgan fingerprint density at radius 1 is 1.21 bits per heavy atom. The van der Waals surface area contributed by atoms with Crippen LogP contribution in [0, 0.1) is 17.7 Å². The third kappa shape index (κ3) is 4.29. The molecule has 4 heterocycles. The lowest BCUT2D eigenvalue weighted by atomic mass is 9.91. The van der Waals surface area contributed by atoms with Crippen molar-refractivity contribution in [1.82, 2.24) is 19.9 Å². The molecule has 1 amide bonds. The van der Waals surface area contributed by atoms with Crippen molar-refractivity contribution >= 4 is 56.6 Å². The monoisotopic (exact) mass is 565 g/mol. The number of piperazine rings is 1. The number of hydrogen-bond donors (Lipinski definition) is 0. The van der Waals surface area contributed by atoms with Crippen LogP contribution in [0.1, 0.15) is 0 Å². The maximum atomic E-state index is 16.2. The Bertz CT molecular complexity index is 1680. The minimum atomic E-state index is -0.603. The Labute approximate surface area is 233 Å². The van der Waals surface area contributed by atoms with Gasteiger partial charge >= 0.3 is 6.01 Å². The van der Waals surface area contributed by atoms with E-state index in [1.54, 1.807) is 23.2 Å². The second-order valence-corrected chi connectivity index (χ2v) is 10.1. The maximum Gasteiger partial charge on any atom is 0.318 e. The molecule has 0 atom stereocenters. The number of carbonyl (C=O) groups excluding carboxylic acids is 1. The molecule has 8 nitrogen and oxygen atoms in total. The van der Waals surface area contributed by atoms with Crippen LogP contribution in [0.4, 0.5) is 10.2 Å². The third-order valence-corrected chi connectivity index (χ3v) is 7.58. The Kier molecular flexibility index (Phi) is 6.63. The molecule has 0 unspecified atom stereocenters. The fourth-order valence-electron chi connectivity index (χ4n) is 5.27. The van der Waals surface area contributed by atoms with E-state index < -0.39 is 11.4 Å². The van der Waals surface area contributed by atoms with E-state index in [-0.39, 0.29) is 29.0 Å². The number of amides is 1. The molecule has 0 saturated carbocycles. The van der Waals surface area contributed by atoms with Gasteiger partial charge in [-0.3, -0.25) is 9.78 Å². The van der Waals surface area contributed by atoms with Crippen LogP contribution in [0.3, 0.4) is 0 Å². The summed E-state index contributed by atoms with van der Waals surface area (Å²) in [5.41, 5.74) is 0.195. The molecule has 4 aromatic rings. The minimum absolute atomic E-state index is 0.0231. The lowest BCUT2D eigenvalue weighted by Crippen LogP contribution is -2.72. The van der Waals surface area contributed by atoms with Gasteiger partial charge in [-0.15, -0.1) is 11.6 Å². The fourth-order valence-corrected chi connectivity index (χ4v) is 5.62. The van der Waals surface area contributed by atoms with Gasteiger partial charge in [-0.2, -0.15) is 9.97 Å². The highest BCUT2D eigenvalue weighted by Gasteiger charge is 2.50. The molecule has 11 heteroatoms. The second kappa shape index (κ2) is 10.1. The van der Waals surface area contributed by atoms with Gasteiger partial charge in [-0.05, 0) is 17.4 Å². The smallest absolute Gasteiger partial charge is 0.318 e. The highest BCUT2D eigenvalue weighted by molar-refractivity contribution is 6.36. The highest BCUT2D eigenvalue weighted by atomic mass is 35.5. The highest BCUT2D eigenvalue weighted by Crippen LogP contribution is 2.38. The zero-order chi connectivity index (χ0) is 27.1. The summed E-state index contributed by atoms with van der Waals surface area (Å²) in [5, 5.41) is 2.51. The van der Waals surface area contributed by atoms with Crippen LogP contribution < -0.4 is 9.64 Å². The van der Waals surface area contributed by atoms with E-state index in [4.69, 9.17) is 32.7 Å². The molecule has 0 radical (unpaired) electrons. The first-order valence-corrected chi connectivity index (χ1v) is 13.1. The minimum Gasteiger partial charge on any atom is -0.467 e. The predicted molar refractivity (Wildman–Crippen MR) is 148 cm³/mol. The van der Waals surface area contributed by atoms with Crippen LogP contribution in [0.15, 0.2) is 42.6 Å². The molecule has 0 bridgehead atoms. The molecule has 2 aliphatic heterocycles. The van der Waals surface area contributed by atoms with Crippen LogP contribution in [-0.2, 0) is 9.53 Å². The van der Waals surface area contributed by atoms with Crippen molar-refractivity contribution in [3.8, 4) is 29.1 Å². The number of fused-ring (bicyclic) bond motifs is 2. The van der Waals surface area contributed by atoms with Crippen molar-refractivity contribution in [2.75, 3.05) is 50.7 Å². The number of anilines is 1. The summed E-state index contributed by atoms with van der Waals surface area (Å²) in [5.74, 6) is 4.86. The van der Waals surface area contributed by atoms with E-state index in [9.17, 15) is 4.79 Å². The van der Waals surface area contributed by atoms with E-state index >= 15 is 4.39 Å². The second-order valence-electron chi connectivity index (χ2n) is 9.39. The quantitative estimate of drug-likeness (QED) is 0.270. The Hall–Kier alpha value is -3.71. The zero-order valence-electron chi connectivity index (χ0n) is 20.9. The van der Waals surface area contributed by atoms with E-state index in [2.05, 4.69) is 26.8 Å². The van der Waals surface area contributed by atoms with E-state index in [0.717, 1.165) is 5.39 Å². The van der Waals surface area contributed by atoms with E-state index in [0.29, 0.717) is 60.0 Å². The first kappa shape index (κ1) is 25.6. The maximum absolute atomic E-state index is 16.2. The van der Waals surface area contributed by atoms with Gasteiger partial charge in [-0.1, -0.05) is 47.9 Å². The number of ether oxygens (including phenoxy) is 2. The SMILES string of the molecule is COc1nc(N2CCN(C(=O)C#CCCl)C3(COC3)C2)c2cnc(-c3cccc4cccc(Cl)c34)c(F)c2n1. The van der Waals surface area contributed by atoms with Gasteiger partial charge in [-0.25, -0.2) is 4.39 Å². The molecule has 6 rings (SSSR count). The Morgan fingerprint density at radius 2 is 2.00 bits per heavy atom. The van der Waals surface area contributed by atoms with E-state index in [1.807, 2.05) is 29.2 Å². The normalized spacial score (nSPS) is 16.2.